The molecular formula is C36H24O2S. The molecule has 0 bridgehead atoms. The summed E-state index contributed by atoms with van der Waals surface area (Å²) >= 11 is 0. The molecule has 7 aromatic carbocycles. The van der Waals surface area contributed by atoms with E-state index in [0.29, 0.717) is 9.79 Å². The topological polar surface area (TPSA) is 34.1 Å². The standard InChI is InChI=1S/C36H24O2S/c37-39(38,29-12-2-1-3-13-29)30-22-20-26(21-23-30)35-31-14-6-8-16-33(31)36(34-17-9-7-15-32(34)35)28-19-18-25-10-4-5-11-27(25)24-28/h1-24H. The molecule has 0 aromatic heterocycles. The minimum Gasteiger partial charge on any atom is -0.219 e. The van der Waals surface area contributed by atoms with Gasteiger partial charge in [0.2, 0.25) is 9.84 Å². The number of fused-ring (bicyclic) bond motifs is 3. The molecule has 0 spiro atoms. The lowest BCUT2D eigenvalue weighted by atomic mass is 9.85. The van der Waals surface area contributed by atoms with Crippen molar-refractivity contribution in [2.75, 3.05) is 0 Å². The number of hydrogen-bond donors (Lipinski definition) is 0. The number of rotatable bonds is 4. The zero-order valence-electron chi connectivity index (χ0n) is 21.1. The summed E-state index contributed by atoms with van der Waals surface area (Å²) in [5, 5.41) is 7.04. The van der Waals surface area contributed by atoms with Crippen LogP contribution in [0, 0.1) is 0 Å². The number of hydrogen-bond acceptors (Lipinski definition) is 2. The van der Waals surface area contributed by atoms with Gasteiger partial charge in [0.05, 0.1) is 9.79 Å². The lowest BCUT2D eigenvalue weighted by Gasteiger charge is -2.18. The van der Waals surface area contributed by atoms with Gasteiger partial charge in [-0.2, -0.15) is 0 Å². The van der Waals surface area contributed by atoms with Crippen molar-refractivity contribution < 1.29 is 8.42 Å². The van der Waals surface area contributed by atoms with Crippen molar-refractivity contribution >= 4 is 42.2 Å². The van der Waals surface area contributed by atoms with E-state index in [1.165, 1.54) is 32.7 Å². The van der Waals surface area contributed by atoms with Crippen LogP contribution in [-0.2, 0) is 9.84 Å². The predicted octanol–water partition coefficient (Wildman–Crippen LogP) is 9.31. The van der Waals surface area contributed by atoms with Crippen LogP contribution in [0.15, 0.2) is 155 Å². The first-order valence-corrected chi connectivity index (χ1v) is 14.4. The third kappa shape index (κ3) is 3.91. The van der Waals surface area contributed by atoms with Crippen LogP contribution < -0.4 is 0 Å². The van der Waals surface area contributed by atoms with E-state index in [0.717, 1.165) is 21.9 Å². The Kier molecular flexibility index (Phi) is 5.54. The molecule has 0 radical (unpaired) electrons. The quantitative estimate of drug-likeness (QED) is 0.217. The summed E-state index contributed by atoms with van der Waals surface area (Å²) in [6, 6.07) is 48.0. The molecule has 0 heterocycles. The second-order valence-electron chi connectivity index (χ2n) is 9.74. The summed E-state index contributed by atoms with van der Waals surface area (Å²) in [7, 11) is -3.58. The molecule has 39 heavy (non-hydrogen) atoms. The lowest BCUT2D eigenvalue weighted by molar-refractivity contribution is 0.596. The minimum absolute atomic E-state index is 0.291. The van der Waals surface area contributed by atoms with Crippen molar-refractivity contribution in [3.05, 3.63) is 146 Å². The third-order valence-electron chi connectivity index (χ3n) is 7.48. The van der Waals surface area contributed by atoms with E-state index >= 15 is 0 Å². The Bertz CT molecular complexity index is 2050. The maximum atomic E-state index is 13.2. The van der Waals surface area contributed by atoms with Crippen molar-refractivity contribution in [1.29, 1.82) is 0 Å². The Labute approximate surface area is 227 Å². The molecule has 0 aliphatic rings. The summed E-state index contributed by atoms with van der Waals surface area (Å²) < 4.78 is 26.4. The molecule has 2 nitrogen and oxygen atoms in total. The number of sulfone groups is 1. The predicted molar refractivity (Wildman–Crippen MR) is 162 cm³/mol. The van der Waals surface area contributed by atoms with Crippen LogP contribution >= 0.6 is 0 Å². The van der Waals surface area contributed by atoms with Crippen LogP contribution in [-0.4, -0.2) is 8.42 Å². The highest BCUT2D eigenvalue weighted by Gasteiger charge is 2.19. The van der Waals surface area contributed by atoms with Gasteiger partial charge in [0.1, 0.15) is 0 Å². The smallest absolute Gasteiger partial charge is 0.206 e. The van der Waals surface area contributed by atoms with E-state index < -0.39 is 9.84 Å². The molecule has 0 aliphatic carbocycles. The fourth-order valence-electron chi connectivity index (χ4n) is 5.63. The maximum Gasteiger partial charge on any atom is 0.206 e. The van der Waals surface area contributed by atoms with Gasteiger partial charge < -0.3 is 0 Å². The molecule has 186 valence electrons. The van der Waals surface area contributed by atoms with Crippen LogP contribution in [0.2, 0.25) is 0 Å². The van der Waals surface area contributed by atoms with Crippen molar-refractivity contribution in [3.63, 3.8) is 0 Å². The van der Waals surface area contributed by atoms with Gasteiger partial charge >= 0.3 is 0 Å². The Morgan fingerprint density at radius 1 is 0.359 bits per heavy atom. The Hall–Kier alpha value is -4.73. The lowest BCUT2D eigenvalue weighted by Crippen LogP contribution is -2.01. The van der Waals surface area contributed by atoms with Crippen LogP contribution in [0.5, 0.6) is 0 Å². The molecule has 0 amide bonds. The normalized spacial score (nSPS) is 11.8. The summed E-state index contributed by atoms with van der Waals surface area (Å²) in [6.07, 6.45) is 0. The molecule has 0 saturated heterocycles. The first-order valence-electron chi connectivity index (χ1n) is 12.9. The highest BCUT2D eigenvalue weighted by Crippen LogP contribution is 2.44. The largest absolute Gasteiger partial charge is 0.219 e. The monoisotopic (exact) mass is 520 g/mol. The Balaban J connectivity index is 1.46. The first kappa shape index (κ1) is 23.4. The molecule has 0 unspecified atom stereocenters. The minimum atomic E-state index is -3.58. The Morgan fingerprint density at radius 3 is 1.38 bits per heavy atom. The summed E-state index contributed by atoms with van der Waals surface area (Å²) in [5.41, 5.74) is 4.48. The molecule has 0 saturated carbocycles. The average molecular weight is 521 g/mol. The fourth-order valence-corrected chi connectivity index (χ4v) is 6.91. The van der Waals surface area contributed by atoms with Crippen molar-refractivity contribution in [2.24, 2.45) is 0 Å². The second-order valence-corrected chi connectivity index (χ2v) is 11.7. The first-order chi connectivity index (χ1) is 19.1. The van der Waals surface area contributed by atoms with Gasteiger partial charge in [0, 0.05) is 0 Å². The van der Waals surface area contributed by atoms with E-state index in [1.54, 1.807) is 36.4 Å². The van der Waals surface area contributed by atoms with E-state index in [2.05, 4.69) is 91.0 Å². The van der Waals surface area contributed by atoms with Crippen LogP contribution in [0.4, 0.5) is 0 Å². The molecule has 0 atom stereocenters. The van der Waals surface area contributed by atoms with Gasteiger partial charge in [-0.1, -0.05) is 115 Å². The van der Waals surface area contributed by atoms with Crippen molar-refractivity contribution in [2.45, 2.75) is 9.79 Å². The maximum absolute atomic E-state index is 13.2. The highest BCUT2D eigenvalue weighted by molar-refractivity contribution is 7.91. The van der Waals surface area contributed by atoms with E-state index in [1.807, 2.05) is 18.2 Å². The summed E-state index contributed by atoms with van der Waals surface area (Å²) in [6.45, 7) is 0. The molecule has 7 aromatic rings. The van der Waals surface area contributed by atoms with Gasteiger partial charge in [-0.3, -0.25) is 0 Å². The molecular weight excluding hydrogens is 496 g/mol. The Morgan fingerprint density at radius 2 is 0.795 bits per heavy atom. The van der Waals surface area contributed by atoms with Gasteiger partial charge in [0.25, 0.3) is 0 Å². The molecule has 3 heteroatoms. The van der Waals surface area contributed by atoms with Gasteiger partial charge in [0.15, 0.2) is 0 Å². The third-order valence-corrected chi connectivity index (χ3v) is 9.26. The summed E-state index contributed by atoms with van der Waals surface area (Å²) in [4.78, 5) is 0.590. The van der Waals surface area contributed by atoms with Crippen LogP contribution in [0.1, 0.15) is 0 Å². The zero-order valence-corrected chi connectivity index (χ0v) is 21.9. The van der Waals surface area contributed by atoms with Gasteiger partial charge in [-0.25, -0.2) is 8.42 Å². The molecule has 0 fully saturated rings. The molecule has 0 aliphatic heterocycles. The fraction of sp³-hybridized carbons (Fsp3) is 0. The van der Waals surface area contributed by atoms with E-state index in [9.17, 15) is 8.42 Å². The SMILES string of the molecule is O=S(=O)(c1ccccc1)c1ccc(-c2c3ccccc3c(-c3ccc4ccccc4c3)c3ccccc23)cc1. The van der Waals surface area contributed by atoms with Gasteiger partial charge in [-0.15, -0.1) is 0 Å². The molecule has 0 N–H and O–H groups in total. The second kappa shape index (κ2) is 9.23. The van der Waals surface area contributed by atoms with E-state index in [-0.39, 0.29) is 0 Å². The van der Waals surface area contributed by atoms with Gasteiger partial charge in [-0.05, 0) is 84.9 Å². The van der Waals surface area contributed by atoms with Crippen molar-refractivity contribution in [3.8, 4) is 22.3 Å². The summed E-state index contributed by atoms with van der Waals surface area (Å²) in [5.74, 6) is 0. The highest BCUT2D eigenvalue weighted by atomic mass is 32.2. The van der Waals surface area contributed by atoms with E-state index in [4.69, 9.17) is 0 Å². The van der Waals surface area contributed by atoms with Crippen LogP contribution in [0.25, 0.3) is 54.6 Å². The van der Waals surface area contributed by atoms with Crippen LogP contribution in [0.3, 0.4) is 0 Å². The van der Waals surface area contributed by atoms with Crippen molar-refractivity contribution in [1.82, 2.24) is 0 Å². The molecule has 7 rings (SSSR count). The average Bonchev–Trinajstić information content (AvgIpc) is 3.00. The number of benzene rings is 7. The zero-order chi connectivity index (χ0) is 26.4.